The molecule has 0 atom stereocenters. The minimum atomic E-state index is 0.813. The number of hydrogen-bond acceptors (Lipinski definition) is 1. The fraction of sp³-hybridized carbons (Fsp3) is 0.438. The van der Waals surface area contributed by atoms with Crippen LogP contribution < -0.4 is 0 Å². The zero-order valence-corrected chi connectivity index (χ0v) is 10.9. The molecule has 1 aromatic rings. The summed E-state index contributed by atoms with van der Waals surface area (Å²) in [6.45, 7) is 4.38. The molecule has 0 amide bonds. The zero-order valence-electron chi connectivity index (χ0n) is 10.9. The molecule has 17 heavy (non-hydrogen) atoms. The van der Waals surface area contributed by atoms with E-state index in [9.17, 15) is 4.79 Å². The van der Waals surface area contributed by atoms with Gasteiger partial charge in [-0.15, -0.1) is 0 Å². The normalized spacial score (nSPS) is 10.9. The Morgan fingerprint density at radius 1 is 1.18 bits per heavy atom. The Labute approximate surface area is 105 Å². The van der Waals surface area contributed by atoms with Crippen LogP contribution in [-0.2, 0) is 11.2 Å². The van der Waals surface area contributed by atoms with Crippen molar-refractivity contribution in [3.8, 4) is 0 Å². The van der Waals surface area contributed by atoms with E-state index in [-0.39, 0.29) is 0 Å². The van der Waals surface area contributed by atoms with Gasteiger partial charge in [0.25, 0.3) is 0 Å². The van der Waals surface area contributed by atoms with Gasteiger partial charge in [0.1, 0.15) is 6.29 Å². The molecule has 1 aromatic carbocycles. The summed E-state index contributed by atoms with van der Waals surface area (Å²) in [5.74, 6) is 0. The van der Waals surface area contributed by atoms with Gasteiger partial charge in [-0.05, 0) is 42.5 Å². The van der Waals surface area contributed by atoms with Crippen molar-refractivity contribution in [3.05, 3.63) is 41.0 Å². The van der Waals surface area contributed by atoms with E-state index in [4.69, 9.17) is 0 Å². The molecule has 0 aliphatic heterocycles. The first-order chi connectivity index (χ1) is 8.27. The fourth-order valence-corrected chi connectivity index (χ4v) is 2.00. The Morgan fingerprint density at radius 2 is 2.00 bits per heavy atom. The minimum Gasteiger partial charge on any atom is -0.299 e. The highest BCUT2D eigenvalue weighted by atomic mass is 16.1. The van der Waals surface area contributed by atoms with Gasteiger partial charge in [0.05, 0.1) is 0 Å². The molecule has 0 saturated carbocycles. The number of carbonyl (C=O) groups excluding carboxylic acids is 1. The van der Waals surface area contributed by atoms with Gasteiger partial charge < -0.3 is 0 Å². The Bertz CT molecular complexity index is 377. The molecule has 0 unspecified atom stereocenters. The predicted molar refractivity (Wildman–Crippen MR) is 74.1 cm³/mol. The summed E-state index contributed by atoms with van der Waals surface area (Å²) in [5, 5.41) is 0. The number of rotatable bonds is 7. The number of allylic oxidation sites excluding steroid dienone is 1. The standard InChI is InChI=1S/C16H22O/c1-3-4-5-6-9-16-11-10-15(8-7-12-17)13-14(16)2/h7-8,10-13H,3-6,9H2,1-2H3. The van der Waals surface area contributed by atoms with E-state index in [1.165, 1.54) is 49.3 Å². The van der Waals surface area contributed by atoms with E-state index < -0.39 is 0 Å². The Balaban J connectivity index is 2.56. The first kappa shape index (κ1) is 13.7. The molecular formula is C16H22O. The number of carbonyl (C=O) groups is 1. The van der Waals surface area contributed by atoms with E-state index in [1.54, 1.807) is 0 Å². The van der Waals surface area contributed by atoms with Crippen LogP contribution >= 0.6 is 0 Å². The van der Waals surface area contributed by atoms with E-state index in [1.807, 2.05) is 6.08 Å². The SMILES string of the molecule is CCCCCCc1ccc(C=CC=O)cc1C. The molecule has 0 aliphatic rings. The second kappa shape index (κ2) is 7.83. The molecule has 0 heterocycles. The largest absolute Gasteiger partial charge is 0.299 e. The molecule has 0 radical (unpaired) electrons. The third kappa shape index (κ3) is 4.99. The lowest BCUT2D eigenvalue weighted by Gasteiger charge is -2.06. The topological polar surface area (TPSA) is 17.1 Å². The summed E-state index contributed by atoms with van der Waals surface area (Å²) in [4.78, 5) is 10.2. The van der Waals surface area contributed by atoms with Crippen molar-refractivity contribution in [2.45, 2.75) is 46.0 Å². The van der Waals surface area contributed by atoms with Crippen molar-refractivity contribution in [2.24, 2.45) is 0 Å². The molecule has 0 aromatic heterocycles. The summed E-state index contributed by atoms with van der Waals surface area (Å²) < 4.78 is 0. The van der Waals surface area contributed by atoms with Crippen LogP contribution in [0.5, 0.6) is 0 Å². The molecule has 0 N–H and O–H groups in total. The third-order valence-electron chi connectivity index (χ3n) is 3.03. The van der Waals surface area contributed by atoms with Gasteiger partial charge in [-0.1, -0.05) is 50.5 Å². The Hall–Kier alpha value is -1.37. The maximum absolute atomic E-state index is 10.2. The van der Waals surface area contributed by atoms with Gasteiger partial charge in [0, 0.05) is 0 Å². The maximum Gasteiger partial charge on any atom is 0.142 e. The molecule has 1 rings (SSSR count). The Morgan fingerprint density at radius 3 is 2.65 bits per heavy atom. The fourth-order valence-electron chi connectivity index (χ4n) is 2.00. The quantitative estimate of drug-likeness (QED) is 0.387. The average molecular weight is 230 g/mol. The zero-order chi connectivity index (χ0) is 12.5. The number of benzene rings is 1. The number of hydrogen-bond donors (Lipinski definition) is 0. The molecule has 0 bridgehead atoms. The van der Waals surface area contributed by atoms with Gasteiger partial charge in [-0.2, -0.15) is 0 Å². The molecule has 0 aliphatic carbocycles. The molecule has 0 saturated heterocycles. The van der Waals surface area contributed by atoms with Crippen LogP contribution in [0.3, 0.4) is 0 Å². The summed E-state index contributed by atoms with van der Waals surface area (Å²) in [6, 6.07) is 6.42. The number of unbranched alkanes of at least 4 members (excludes halogenated alkanes) is 3. The van der Waals surface area contributed by atoms with Crippen LogP contribution in [0.15, 0.2) is 24.3 Å². The smallest absolute Gasteiger partial charge is 0.142 e. The molecule has 0 spiro atoms. The van der Waals surface area contributed by atoms with Gasteiger partial charge in [-0.3, -0.25) is 4.79 Å². The van der Waals surface area contributed by atoms with Gasteiger partial charge in [0.15, 0.2) is 0 Å². The van der Waals surface area contributed by atoms with Crippen LogP contribution in [0, 0.1) is 6.92 Å². The van der Waals surface area contributed by atoms with E-state index >= 15 is 0 Å². The lowest BCUT2D eigenvalue weighted by molar-refractivity contribution is -0.104. The first-order valence-electron chi connectivity index (χ1n) is 6.49. The van der Waals surface area contributed by atoms with E-state index in [2.05, 4.69) is 32.0 Å². The van der Waals surface area contributed by atoms with Crippen LogP contribution in [0.2, 0.25) is 0 Å². The van der Waals surface area contributed by atoms with Crippen molar-refractivity contribution in [2.75, 3.05) is 0 Å². The van der Waals surface area contributed by atoms with Crippen molar-refractivity contribution < 1.29 is 4.79 Å². The highest BCUT2D eigenvalue weighted by molar-refractivity contribution is 5.73. The number of aryl methyl sites for hydroxylation is 2. The lowest BCUT2D eigenvalue weighted by atomic mass is 9.99. The average Bonchev–Trinajstić information content (AvgIpc) is 2.34. The van der Waals surface area contributed by atoms with Crippen LogP contribution in [0.25, 0.3) is 6.08 Å². The molecule has 0 fully saturated rings. The van der Waals surface area contributed by atoms with E-state index in [0.29, 0.717) is 0 Å². The van der Waals surface area contributed by atoms with Crippen LogP contribution in [-0.4, -0.2) is 6.29 Å². The number of aldehydes is 1. The Kier molecular flexibility index (Phi) is 6.31. The van der Waals surface area contributed by atoms with Gasteiger partial charge >= 0.3 is 0 Å². The molecule has 92 valence electrons. The summed E-state index contributed by atoms with van der Waals surface area (Å²) in [5.41, 5.74) is 3.87. The van der Waals surface area contributed by atoms with Crippen LogP contribution in [0.1, 0.15) is 49.3 Å². The molecule has 1 heteroatoms. The second-order valence-corrected chi connectivity index (χ2v) is 4.49. The highest BCUT2D eigenvalue weighted by Crippen LogP contribution is 2.15. The van der Waals surface area contributed by atoms with Crippen molar-refractivity contribution >= 4 is 12.4 Å². The third-order valence-corrected chi connectivity index (χ3v) is 3.03. The summed E-state index contributed by atoms with van der Waals surface area (Å²) in [7, 11) is 0. The second-order valence-electron chi connectivity index (χ2n) is 4.49. The monoisotopic (exact) mass is 230 g/mol. The predicted octanol–water partition coefficient (Wildman–Crippen LogP) is 4.33. The van der Waals surface area contributed by atoms with Gasteiger partial charge in [0.2, 0.25) is 0 Å². The summed E-state index contributed by atoms with van der Waals surface area (Å²) >= 11 is 0. The maximum atomic E-state index is 10.2. The lowest BCUT2D eigenvalue weighted by Crippen LogP contribution is -1.91. The molecular weight excluding hydrogens is 208 g/mol. The molecule has 1 nitrogen and oxygen atoms in total. The van der Waals surface area contributed by atoms with Crippen LogP contribution in [0.4, 0.5) is 0 Å². The van der Waals surface area contributed by atoms with Crippen molar-refractivity contribution in [3.63, 3.8) is 0 Å². The summed E-state index contributed by atoms with van der Waals surface area (Å²) in [6.07, 6.45) is 10.6. The van der Waals surface area contributed by atoms with Gasteiger partial charge in [-0.25, -0.2) is 0 Å². The minimum absolute atomic E-state index is 0.813. The highest BCUT2D eigenvalue weighted by Gasteiger charge is 1.99. The van der Waals surface area contributed by atoms with E-state index in [0.717, 1.165) is 11.8 Å². The van der Waals surface area contributed by atoms with Crippen molar-refractivity contribution in [1.29, 1.82) is 0 Å². The van der Waals surface area contributed by atoms with Crippen molar-refractivity contribution in [1.82, 2.24) is 0 Å². The first-order valence-corrected chi connectivity index (χ1v) is 6.49.